The number of furan rings is 1. The van der Waals surface area contributed by atoms with Crippen LogP contribution in [0.2, 0.25) is 0 Å². The zero-order chi connectivity index (χ0) is 11.9. The Labute approximate surface area is 96.7 Å². The monoisotopic (exact) mass is 217 g/mol. The highest BCUT2D eigenvalue weighted by Crippen LogP contribution is 2.31. The molecule has 0 bridgehead atoms. The molecule has 0 aromatic carbocycles. The molecular weight excluding hydrogens is 198 g/mol. The van der Waals surface area contributed by atoms with Gasteiger partial charge in [-0.25, -0.2) is 0 Å². The van der Waals surface area contributed by atoms with Crippen molar-refractivity contribution in [2.24, 2.45) is 0 Å². The second-order valence-electron chi connectivity index (χ2n) is 4.99. The minimum atomic E-state index is 0.442. The Morgan fingerprint density at radius 1 is 1.12 bits per heavy atom. The third kappa shape index (κ3) is 1.73. The van der Waals surface area contributed by atoms with Crippen molar-refractivity contribution in [3.05, 3.63) is 29.3 Å². The molecule has 0 atom stereocenters. The lowest BCUT2D eigenvalue weighted by atomic mass is 10.0. The summed E-state index contributed by atoms with van der Waals surface area (Å²) < 4.78 is 5.81. The number of hydrogen-bond donors (Lipinski definition) is 0. The average Bonchev–Trinajstić information content (AvgIpc) is 2.51. The molecule has 0 spiro atoms. The van der Waals surface area contributed by atoms with Crippen molar-refractivity contribution >= 4 is 11.0 Å². The molecule has 2 nitrogen and oxygen atoms in total. The van der Waals surface area contributed by atoms with E-state index in [1.54, 1.807) is 0 Å². The first-order valence-corrected chi connectivity index (χ1v) is 5.89. The van der Waals surface area contributed by atoms with Gasteiger partial charge < -0.3 is 4.42 Å². The number of hydrogen-bond acceptors (Lipinski definition) is 2. The van der Waals surface area contributed by atoms with E-state index in [4.69, 9.17) is 4.42 Å². The summed E-state index contributed by atoms with van der Waals surface area (Å²) in [7, 11) is 0. The van der Waals surface area contributed by atoms with Crippen LogP contribution in [0, 0.1) is 6.92 Å². The summed E-state index contributed by atoms with van der Waals surface area (Å²) in [5, 5.41) is 1.16. The molecule has 0 aliphatic rings. The summed E-state index contributed by atoms with van der Waals surface area (Å²) in [6.45, 7) is 10.7. The summed E-state index contributed by atoms with van der Waals surface area (Å²) >= 11 is 0. The lowest BCUT2D eigenvalue weighted by Crippen LogP contribution is -1.92. The molecule has 0 aliphatic carbocycles. The van der Waals surface area contributed by atoms with Gasteiger partial charge in [0.2, 0.25) is 0 Å². The van der Waals surface area contributed by atoms with Crippen molar-refractivity contribution in [3.63, 3.8) is 0 Å². The normalized spacial score (nSPS) is 11.9. The number of fused-ring (bicyclic) bond motifs is 1. The van der Waals surface area contributed by atoms with Gasteiger partial charge in [-0.1, -0.05) is 27.7 Å². The van der Waals surface area contributed by atoms with Crippen molar-refractivity contribution in [2.75, 3.05) is 0 Å². The van der Waals surface area contributed by atoms with Crippen LogP contribution in [-0.2, 0) is 0 Å². The van der Waals surface area contributed by atoms with Gasteiger partial charge >= 0.3 is 0 Å². The average molecular weight is 217 g/mol. The van der Waals surface area contributed by atoms with E-state index in [2.05, 4.69) is 38.7 Å². The van der Waals surface area contributed by atoms with Crippen LogP contribution >= 0.6 is 0 Å². The van der Waals surface area contributed by atoms with E-state index in [-0.39, 0.29) is 0 Å². The number of nitrogens with zero attached hydrogens (tertiary/aromatic N) is 1. The van der Waals surface area contributed by atoms with Gasteiger partial charge in [0, 0.05) is 28.9 Å². The molecule has 2 heterocycles. The molecule has 0 unspecified atom stereocenters. The van der Waals surface area contributed by atoms with Gasteiger partial charge in [-0.05, 0) is 18.8 Å². The topological polar surface area (TPSA) is 26.0 Å². The van der Waals surface area contributed by atoms with Crippen molar-refractivity contribution in [3.8, 4) is 0 Å². The zero-order valence-electron chi connectivity index (χ0n) is 10.7. The molecule has 0 saturated carbocycles. The van der Waals surface area contributed by atoms with Crippen molar-refractivity contribution in [1.29, 1.82) is 0 Å². The van der Waals surface area contributed by atoms with Crippen LogP contribution in [-0.4, -0.2) is 4.98 Å². The molecule has 2 rings (SSSR count). The largest absolute Gasteiger partial charge is 0.461 e. The highest BCUT2D eigenvalue weighted by Gasteiger charge is 2.15. The zero-order valence-corrected chi connectivity index (χ0v) is 10.7. The molecule has 0 fully saturated rings. The Kier molecular flexibility index (Phi) is 2.75. The molecule has 2 aromatic rings. The number of aryl methyl sites for hydroxylation is 1. The maximum Gasteiger partial charge on any atom is 0.137 e. The number of aromatic nitrogens is 1. The minimum absolute atomic E-state index is 0.442. The quantitative estimate of drug-likeness (QED) is 0.746. The predicted molar refractivity (Wildman–Crippen MR) is 66.9 cm³/mol. The maximum atomic E-state index is 5.81. The number of rotatable bonds is 2. The van der Waals surface area contributed by atoms with Crippen LogP contribution in [0.15, 0.2) is 16.7 Å². The standard InChI is InChI=1S/C14H19NO/c1-8(2)12-6-13-11(7-15-12)14(9(3)4)10(5)16-13/h6-9H,1-5H3. The van der Waals surface area contributed by atoms with Gasteiger partial charge in [-0.3, -0.25) is 4.98 Å². The van der Waals surface area contributed by atoms with Crippen LogP contribution < -0.4 is 0 Å². The van der Waals surface area contributed by atoms with Crippen LogP contribution in [0.1, 0.15) is 56.5 Å². The molecule has 0 radical (unpaired) electrons. The first-order chi connectivity index (χ1) is 7.50. The van der Waals surface area contributed by atoms with Gasteiger partial charge in [0.05, 0.1) is 0 Å². The third-order valence-corrected chi connectivity index (χ3v) is 2.99. The van der Waals surface area contributed by atoms with Gasteiger partial charge in [0.1, 0.15) is 11.3 Å². The van der Waals surface area contributed by atoms with E-state index in [0.29, 0.717) is 11.8 Å². The molecule has 2 heteroatoms. The lowest BCUT2D eigenvalue weighted by molar-refractivity contribution is 0.567. The Hall–Kier alpha value is -1.31. The minimum Gasteiger partial charge on any atom is -0.461 e. The van der Waals surface area contributed by atoms with Crippen LogP contribution in [0.4, 0.5) is 0 Å². The highest BCUT2D eigenvalue weighted by molar-refractivity contribution is 5.82. The predicted octanol–water partition coefficient (Wildman–Crippen LogP) is 4.38. The first kappa shape index (κ1) is 11.2. The summed E-state index contributed by atoms with van der Waals surface area (Å²) in [4.78, 5) is 4.50. The molecular formula is C14H19NO. The smallest absolute Gasteiger partial charge is 0.137 e. The second-order valence-corrected chi connectivity index (χ2v) is 4.99. The van der Waals surface area contributed by atoms with Crippen LogP contribution in [0.25, 0.3) is 11.0 Å². The van der Waals surface area contributed by atoms with Gasteiger partial charge in [0.15, 0.2) is 0 Å². The molecule has 0 N–H and O–H groups in total. The molecule has 86 valence electrons. The first-order valence-electron chi connectivity index (χ1n) is 5.89. The lowest BCUT2D eigenvalue weighted by Gasteiger charge is -2.05. The third-order valence-electron chi connectivity index (χ3n) is 2.99. The van der Waals surface area contributed by atoms with E-state index in [0.717, 1.165) is 22.4 Å². The fraction of sp³-hybridized carbons (Fsp3) is 0.500. The Bertz CT molecular complexity index is 509. The van der Waals surface area contributed by atoms with Crippen LogP contribution in [0.3, 0.4) is 0 Å². The van der Waals surface area contributed by atoms with E-state index >= 15 is 0 Å². The van der Waals surface area contributed by atoms with Crippen molar-refractivity contribution in [2.45, 2.75) is 46.5 Å². The summed E-state index contributed by atoms with van der Waals surface area (Å²) in [6.07, 6.45) is 1.95. The Balaban J connectivity index is 2.65. The van der Waals surface area contributed by atoms with E-state index in [1.807, 2.05) is 13.1 Å². The Morgan fingerprint density at radius 2 is 1.81 bits per heavy atom. The van der Waals surface area contributed by atoms with Gasteiger partial charge in [0.25, 0.3) is 0 Å². The number of pyridine rings is 1. The van der Waals surface area contributed by atoms with E-state index in [9.17, 15) is 0 Å². The summed E-state index contributed by atoms with van der Waals surface area (Å²) in [5.41, 5.74) is 3.36. The summed E-state index contributed by atoms with van der Waals surface area (Å²) in [6, 6.07) is 2.07. The van der Waals surface area contributed by atoms with Gasteiger partial charge in [-0.2, -0.15) is 0 Å². The molecule has 0 aliphatic heterocycles. The maximum absolute atomic E-state index is 5.81. The fourth-order valence-corrected chi connectivity index (χ4v) is 2.18. The molecule has 0 amide bonds. The highest BCUT2D eigenvalue weighted by atomic mass is 16.3. The summed E-state index contributed by atoms with van der Waals surface area (Å²) in [5.74, 6) is 1.94. The van der Waals surface area contributed by atoms with Gasteiger partial charge in [-0.15, -0.1) is 0 Å². The Morgan fingerprint density at radius 3 is 2.38 bits per heavy atom. The SMILES string of the molecule is Cc1oc2cc(C(C)C)ncc2c1C(C)C. The molecule has 16 heavy (non-hydrogen) atoms. The molecule has 0 saturated heterocycles. The molecule has 2 aromatic heterocycles. The van der Waals surface area contributed by atoms with E-state index in [1.165, 1.54) is 5.56 Å². The van der Waals surface area contributed by atoms with Crippen molar-refractivity contribution in [1.82, 2.24) is 4.98 Å². The second kappa shape index (κ2) is 3.93. The van der Waals surface area contributed by atoms with E-state index < -0.39 is 0 Å². The fourth-order valence-electron chi connectivity index (χ4n) is 2.18. The van der Waals surface area contributed by atoms with Crippen LogP contribution in [0.5, 0.6) is 0 Å². The van der Waals surface area contributed by atoms with Crippen molar-refractivity contribution < 1.29 is 4.42 Å².